The van der Waals surface area contributed by atoms with E-state index >= 15 is 0 Å². The molecule has 0 unspecified atom stereocenters. The smallest absolute Gasteiger partial charge is 0.345 e. The predicted octanol–water partition coefficient (Wildman–Crippen LogP) is 5.66. The van der Waals surface area contributed by atoms with E-state index in [9.17, 15) is 9.59 Å². The van der Waals surface area contributed by atoms with Crippen molar-refractivity contribution in [2.75, 3.05) is 0 Å². The van der Waals surface area contributed by atoms with Gasteiger partial charge in [0.05, 0.1) is 21.5 Å². The molecule has 3 rings (SSSR count). The molecular formula is C20H16Cl2O4. The van der Waals surface area contributed by atoms with Gasteiger partial charge in [0, 0.05) is 5.02 Å². The summed E-state index contributed by atoms with van der Waals surface area (Å²) in [7, 11) is 0. The van der Waals surface area contributed by atoms with Crippen LogP contribution in [-0.2, 0) is 6.42 Å². The van der Waals surface area contributed by atoms with Gasteiger partial charge in [-0.3, -0.25) is 0 Å². The fraction of sp³-hybridized carbons (Fsp3) is 0.200. The van der Waals surface area contributed by atoms with E-state index in [0.29, 0.717) is 28.0 Å². The van der Waals surface area contributed by atoms with Crippen molar-refractivity contribution in [3.05, 3.63) is 74.1 Å². The van der Waals surface area contributed by atoms with Gasteiger partial charge in [0.1, 0.15) is 5.58 Å². The van der Waals surface area contributed by atoms with E-state index < -0.39 is 11.6 Å². The second-order valence-electron chi connectivity index (χ2n) is 5.81. The highest BCUT2D eigenvalue weighted by atomic mass is 35.5. The van der Waals surface area contributed by atoms with Gasteiger partial charge < -0.3 is 9.15 Å². The minimum atomic E-state index is -0.675. The lowest BCUT2D eigenvalue weighted by atomic mass is 10.1. The zero-order chi connectivity index (χ0) is 18.7. The third kappa shape index (κ3) is 3.76. The average molecular weight is 391 g/mol. The summed E-state index contributed by atoms with van der Waals surface area (Å²) in [5, 5.41) is 1.15. The lowest BCUT2D eigenvalue weighted by molar-refractivity contribution is 0.0735. The van der Waals surface area contributed by atoms with Gasteiger partial charge in [-0.2, -0.15) is 0 Å². The average Bonchev–Trinajstić information content (AvgIpc) is 2.63. The summed E-state index contributed by atoms with van der Waals surface area (Å²) >= 11 is 12.0. The highest BCUT2D eigenvalue weighted by Gasteiger charge is 2.21. The van der Waals surface area contributed by atoms with Gasteiger partial charge >= 0.3 is 11.6 Å². The number of esters is 1. The van der Waals surface area contributed by atoms with Crippen molar-refractivity contribution in [1.29, 1.82) is 0 Å². The van der Waals surface area contributed by atoms with Crippen LogP contribution in [0.25, 0.3) is 11.0 Å². The first-order valence-corrected chi connectivity index (χ1v) is 8.98. The quantitative estimate of drug-likeness (QED) is 0.416. The van der Waals surface area contributed by atoms with Crippen molar-refractivity contribution in [3.63, 3.8) is 0 Å². The van der Waals surface area contributed by atoms with E-state index in [1.807, 2.05) is 6.92 Å². The maximum absolute atomic E-state index is 12.7. The molecule has 134 valence electrons. The van der Waals surface area contributed by atoms with E-state index in [4.69, 9.17) is 32.4 Å². The molecule has 0 bridgehead atoms. The molecule has 0 aliphatic rings. The Morgan fingerprint density at radius 1 is 1.15 bits per heavy atom. The molecule has 26 heavy (non-hydrogen) atoms. The Kier molecular flexibility index (Phi) is 5.64. The van der Waals surface area contributed by atoms with Gasteiger partial charge in [0.15, 0.2) is 5.75 Å². The van der Waals surface area contributed by atoms with Gasteiger partial charge in [0.25, 0.3) is 0 Å². The van der Waals surface area contributed by atoms with Crippen molar-refractivity contribution in [3.8, 4) is 5.75 Å². The van der Waals surface area contributed by atoms with E-state index in [1.165, 1.54) is 12.1 Å². The third-order valence-electron chi connectivity index (χ3n) is 3.98. The number of hydrogen-bond donors (Lipinski definition) is 0. The second kappa shape index (κ2) is 7.94. The van der Waals surface area contributed by atoms with Crippen LogP contribution in [0, 0.1) is 0 Å². The molecule has 0 aliphatic carbocycles. The van der Waals surface area contributed by atoms with Crippen LogP contribution in [-0.4, -0.2) is 5.97 Å². The Morgan fingerprint density at radius 2 is 1.92 bits per heavy atom. The minimum Gasteiger partial charge on any atom is -0.422 e. The van der Waals surface area contributed by atoms with Gasteiger partial charge in [-0.05, 0) is 43.2 Å². The summed E-state index contributed by atoms with van der Waals surface area (Å²) in [6, 6.07) is 11.5. The van der Waals surface area contributed by atoms with E-state index in [2.05, 4.69) is 0 Å². The first-order valence-electron chi connectivity index (χ1n) is 8.23. The van der Waals surface area contributed by atoms with Gasteiger partial charge in [-0.1, -0.05) is 48.7 Å². The second-order valence-corrected chi connectivity index (χ2v) is 6.65. The SMILES string of the molecule is CCCCc1c(OC(=O)c2cc(Cl)ccc2Cl)c2ccccc2oc1=O. The van der Waals surface area contributed by atoms with Crippen LogP contribution in [0.3, 0.4) is 0 Å². The van der Waals surface area contributed by atoms with Crippen LogP contribution in [0.5, 0.6) is 5.75 Å². The number of carbonyl (C=O) groups is 1. The molecule has 3 aromatic rings. The number of ether oxygens (including phenoxy) is 1. The number of benzene rings is 2. The molecule has 2 aromatic carbocycles. The largest absolute Gasteiger partial charge is 0.422 e. The molecule has 1 heterocycles. The molecule has 1 aromatic heterocycles. The first-order chi connectivity index (χ1) is 12.5. The Morgan fingerprint density at radius 3 is 2.69 bits per heavy atom. The fourth-order valence-corrected chi connectivity index (χ4v) is 3.01. The van der Waals surface area contributed by atoms with Crippen molar-refractivity contribution in [2.24, 2.45) is 0 Å². The van der Waals surface area contributed by atoms with Gasteiger partial charge in [-0.25, -0.2) is 9.59 Å². The highest BCUT2D eigenvalue weighted by molar-refractivity contribution is 6.35. The van der Waals surface area contributed by atoms with Crippen LogP contribution in [0.4, 0.5) is 0 Å². The van der Waals surface area contributed by atoms with E-state index in [-0.39, 0.29) is 16.3 Å². The van der Waals surface area contributed by atoms with E-state index in [1.54, 1.807) is 30.3 Å². The Bertz CT molecular complexity index is 1020. The maximum Gasteiger partial charge on any atom is 0.345 e. The molecule has 0 atom stereocenters. The minimum absolute atomic E-state index is 0.137. The number of unbranched alkanes of at least 4 members (excludes halogenated alkanes) is 1. The number of hydrogen-bond acceptors (Lipinski definition) is 4. The number of carbonyl (C=O) groups excluding carboxylic acids is 1. The molecule has 0 spiro atoms. The molecule has 0 saturated heterocycles. The number of fused-ring (bicyclic) bond motifs is 1. The fourth-order valence-electron chi connectivity index (χ4n) is 2.65. The van der Waals surface area contributed by atoms with Crippen molar-refractivity contribution >= 4 is 40.1 Å². The summed E-state index contributed by atoms with van der Waals surface area (Å²) in [6.07, 6.45) is 2.11. The summed E-state index contributed by atoms with van der Waals surface area (Å²) in [6.45, 7) is 2.01. The Labute approximate surface area is 160 Å². The van der Waals surface area contributed by atoms with Crippen LogP contribution in [0.2, 0.25) is 10.0 Å². The number of rotatable bonds is 5. The Balaban J connectivity index is 2.11. The summed E-state index contributed by atoms with van der Waals surface area (Å²) < 4.78 is 11.0. The summed E-state index contributed by atoms with van der Waals surface area (Å²) in [4.78, 5) is 25.1. The molecule has 0 radical (unpaired) electrons. The van der Waals surface area contributed by atoms with Crippen molar-refractivity contribution < 1.29 is 13.9 Å². The standard InChI is InChI=1S/C20H16Cl2O4/c1-2-3-6-14-18(13-7-4-5-8-17(13)25-19(14)23)26-20(24)15-11-12(21)9-10-16(15)22/h4-5,7-11H,2-3,6H2,1H3. The predicted molar refractivity (Wildman–Crippen MR) is 103 cm³/mol. The highest BCUT2D eigenvalue weighted by Crippen LogP contribution is 2.30. The topological polar surface area (TPSA) is 56.5 Å². The van der Waals surface area contributed by atoms with Crippen LogP contribution >= 0.6 is 23.2 Å². The van der Waals surface area contributed by atoms with E-state index in [0.717, 1.165) is 12.8 Å². The zero-order valence-electron chi connectivity index (χ0n) is 14.1. The Hall–Kier alpha value is -2.30. The van der Waals surface area contributed by atoms with Crippen molar-refractivity contribution in [2.45, 2.75) is 26.2 Å². The molecular weight excluding hydrogens is 375 g/mol. The normalized spacial score (nSPS) is 10.9. The molecule has 0 amide bonds. The third-order valence-corrected chi connectivity index (χ3v) is 4.54. The first kappa shape index (κ1) is 18.5. The van der Waals surface area contributed by atoms with Crippen LogP contribution in [0.1, 0.15) is 35.7 Å². The lowest BCUT2D eigenvalue weighted by Crippen LogP contribution is -2.16. The maximum atomic E-state index is 12.7. The molecule has 0 fully saturated rings. The monoisotopic (exact) mass is 390 g/mol. The molecule has 4 nitrogen and oxygen atoms in total. The lowest BCUT2D eigenvalue weighted by Gasteiger charge is -2.12. The molecule has 0 N–H and O–H groups in total. The summed E-state index contributed by atoms with van der Waals surface area (Å²) in [5.74, 6) is -0.461. The molecule has 0 aliphatic heterocycles. The number of halogens is 2. The zero-order valence-corrected chi connectivity index (χ0v) is 15.6. The molecule has 6 heteroatoms. The van der Waals surface area contributed by atoms with Crippen LogP contribution in [0.15, 0.2) is 51.7 Å². The van der Waals surface area contributed by atoms with Gasteiger partial charge in [-0.15, -0.1) is 0 Å². The van der Waals surface area contributed by atoms with Crippen molar-refractivity contribution in [1.82, 2.24) is 0 Å². The van der Waals surface area contributed by atoms with Gasteiger partial charge in [0.2, 0.25) is 0 Å². The summed E-state index contributed by atoms with van der Waals surface area (Å²) in [5.41, 5.74) is 0.338. The number of para-hydroxylation sites is 1. The molecule has 0 saturated carbocycles. The van der Waals surface area contributed by atoms with Crippen LogP contribution < -0.4 is 10.4 Å².